The summed E-state index contributed by atoms with van der Waals surface area (Å²) in [5, 5.41) is 11.4. The molecule has 0 bridgehead atoms. The van der Waals surface area contributed by atoms with Gasteiger partial charge in [0.15, 0.2) is 6.10 Å². The number of nitrogens with one attached hydrogen (secondary N) is 1. The van der Waals surface area contributed by atoms with E-state index in [0.717, 1.165) is 5.56 Å². The van der Waals surface area contributed by atoms with Crippen LogP contribution in [0, 0.1) is 0 Å². The molecule has 0 aliphatic heterocycles. The predicted molar refractivity (Wildman–Crippen MR) is 81.3 cm³/mol. The summed E-state index contributed by atoms with van der Waals surface area (Å²) in [6, 6.07) is 7.14. The fourth-order valence-electron chi connectivity index (χ4n) is 1.78. The Labute approximate surface area is 138 Å². The van der Waals surface area contributed by atoms with E-state index >= 15 is 0 Å². The molecule has 2 atom stereocenters. The van der Waals surface area contributed by atoms with Crippen molar-refractivity contribution in [2.75, 3.05) is 6.61 Å². The van der Waals surface area contributed by atoms with Gasteiger partial charge in [-0.3, -0.25) is 0 Å². The van der Waals surface area contributed by atoms with Gasteiger partial charge in [0.1, 0.15) is 5.60 Å². The first-order valence-corrected chi connectivity index (χ1v) is 7.35. The van der Waals surface area contributed by atoms with Crippen LogP contribution in [-0.2, 0) is 16.1 Å². The first kappa shape index (κ1) is 20.2. The van der Waals surface area contributed by atoms with Gasteiger partial charge < -0.3 is 19.9 Å². The zero-order valence-electron chi connectivity index (χ0n) is 13.8. The predicted octanol–water partition coefficient (Wildman–Crippen LogP) is 3.02. The van der Waals surface area contributed by atoms with Crippen LogP contribution in [0.4, 0.5) is 18.0 Å². The highest BCUT2D eigenvalue weighted by atomic mass is 19.4. The maximum absolute atomic E-state index is 12.7. The number of alkyl halides is 3. The molecular formula is C16H22F3NO4. The third kappa shape index (κ3) is 7.65. The van der Waals surface area contributed by atoms with E-state index in [1.807, 2.05) is 5.32 Å². The maximum atomic E-state index is 12.7. The molecule has 1 amide bonds. The molecule has 0 aliphatic carbocycles. The molecular weight excluding hydrogens is 327 g/mol. The molecule has 0 aliphatic rings. The summed E-state index contributed by atoms with van der Waals surface area (Å²) < 4.78 is 48.3. The van der Waals surface area contributed by atoms with Crippen molar-refractivity contribution < 1.29 is 32.5 Å². The van der Waals surface area contributed by atoms with Crippen LogP contribution in [0.1, 0.15) is 26.3 Å². The summed E-state index contributed by atoms with van der Waals surface area (Å²) in [6.07, 6.45) is -8.71. The Hall–Kier alpha value is -1.80. The molecule has 0 heterocycles. The van der Waals surface area contributed by atoms with Crippen LogP contribution in [-0.4, -0.2) is 41.7 Å². The van der Waals surface area contributed by atoms with E-state index in [1.54, 1.807) is 51.1 Å². The number of ether oxygens (including phenoxy) is 2. The number of halogens is 3. The molecule has 1 rings (SSSR count). The lowest BCUT2D eigenvalue weighted by atomic mass is 10.1. The van der Waals surface area contributed by atoms with Crippen molar-refractivity contribution in [2.45, 2.75) is 51.3 Å². The summed E-state index contributed by atoms with van der Waals surface area (Å²) in [5.74, 6) is 0. The lowest BCUT2D eigenvalue weighted by Gasteiger charge is -2.27. The van der Waals surface area contributed by atoms with Gasteiger partial charge in [-0.2, -0.15) is 13.2 Å². The minimum absolute atomic E-state index is 0.0535. The molecule has 24 heavy (non-hydrogen) atoms. The van der Waals surface area contributed by atoms with E-state index < -0.39 is 36.6 Å². The van der Waals surface area contributed by atoms with Crippen molar-refractivity contribution >= 4 is 6.09 Å². The fourth-order valence-corrected chi connectivity index (χ4v) is 1.78. The molecule has 0 spiro atoms. The van der Waals surface area contributed by atoms with Crippen LogP contribution in [0.25, 0.3) is 0 Å². The number of hydrogen-bond donors (Lipinski definition) is 2. The van der Waals surface area contributed by atoms with Crippen LogP contribution in [0.2, 0.25) is 0 Å². The van der Waals surface area contributed by atoms with Crippen molar-refractivity contribution in [1.82, 2.24) is 5.32 Å². The van der Waals surface area contributed by atoms with Gasteiger partial charge in [-0.1, -0.05) is 30.3 Å². The summed E-state index contributed by atoms with van der Waals surface area (Å²) in [6.45, 7) is 4.27. The SMILES string of the molecule is CC(C)(C)OC(=O)N[C@@H](COCc1ccccc1)[C@H](O)C(F)(F)F. The van der Waals surface area contributed by atoms with E-state index in [2.05, 4.69) is 0 Å². The third-order valence-corrected chi connectivity index (χ3v) is 2.83. The largest absolute Gasteiger partial charge is 0.444 e. The molecule has 1 aromatic rings. The number of benzene rings is 1. The van der Waals surface area contributed by atoms with E-state index in [9.17, 15) is 23.1 Å². The average Bonchev–Trinajstić information content (AvgIpc) is 2.43. The van der Waals surface area contributed by atoms with Gasteiger partial charge in [0.05, 0.1) is 19.3 Å². The number of hydrogen-bond acceptors (Lipinski definition) is 4. The molecule has 0 saturated carbocycles. The van der Waals surface area contributed by atoms with E-state index in [-0.39, 0.29) is 6.61 Å². The van der Waals surface area contributed by atoms with E-state index in [0.29, 0.717) is 0 Å². The lowest BCUT2D eigenvalue weighted by molar-refractivity contribution is -0.215. The third-order valence-electron chi connectivity index (χ3n) is 2.83. The molecule has 5 nitrogen and oxygen atoms in total. The van der Waals surface area contributed by atoms with E-state index in [1.165, 1.54) is 0 Å². The van der Waals surface area contributed by atoms with Crippen molar-refractivity contribution in [1.29, 1.82) is 0 Å². The minimum atomic E-state index is -4.89. The van der Waals surface area contributed by atoms with Crippen molar-refractivity contribution in [3.8, 4) is 0 Å². The van der Waals surface area contributed by atoms with Crippen LogP contribution in [0.15, 0.2) is 30.3 Å². The highest BCUT2D eigenvalue weighted by Gasteiger charge is 2.44. The Bertz CT molecular complexity index is 514. The van der Waals surface area contributed by atoms with Gasteiger partial charge >= 0.3 is 12.3 Å². The molecule has 0 fully saturated rings. The van der Waals surface area contributed by atoms with Crippen LogP contribution < -0.4 is 5.32 Å². The number of amides is 1. The summed E-state index contributed by atoms with van der Waals surface area (Å²) in [7, 11) is 0. The molecule has 2 N–H and O–H groups in total. The average molecular weight is 349 g/mol. The first-order chi connectivity index (χ1) is 11.0. The first-order valence-electron chi connectivity index (χ1n) is 7.35. The zero-order chi connectivity index (χ0) is 18.4. The lowest BCUT2D eigenvalue weighted by Crippen LogP contribution is -2.53. The second-order valence-corrected chi connectivity index (χ2v) is 6.24. The molecule has 0 saturated heterocycles. The number of alkyl carbamates (subject to hydrolysis) is 1. The van der Waals surface area contributed by atoms with Crippen molar-refractivity contribution in [3.63, 3.8) is 0 Å². The molecule has 0 aromatic heterocycles. The number of carbonyl (C=O) groups excluding carboxylic acids is 1. The molecule has 136 valence electrons. The van der Waals surface area contributed by atoms with E-state index in [4.69, 9.17) is 9.47 Å². The summed E-state index contributed by atoms with van der Waals surface area (Å²) in [5.41, 5.74) is -0.113. The van der Waals surface area contributed by atoms with Gasteiger partial charge in [-0.25, -0.2) is 4.79 Å². The van der Waals surface area contributed by atoms with Gasteiger partial charge in [-0.15, -0.1) is 0 Å². The highest BCUT2D eigenvalue weighted by Crippen LogP contribution is 2.23. The van der Waals surface area contributed by atoms with Gasteiger partial charge in [0.2, 0.25) is 0 Å². The standard InChI is InChI=1S/C16H22F3NO4/c1-15(2,3)24-14(22)20-12(13(21)16(17,18)19)10-23-9-11-7-5-4-6-8-11/h4-8,12-13,21H,9-10H2,1-3H3,(H,20,22)/t12-,13-/m0/s1. The smallest absolute Gasteiger partial charge is 0.416 e. The van der Waals surface area contributed by atoms with Crippen LogP contribution >= 0.6 is 0 Å². The zero-order valence-corrected chi connectivity index (χ0v) is 13.8. The van der Waals surface area contributed by atoms with Crippen LogP contribution in [0.3, 0.4) is 0 Å². The fraction of sp³-hybridized carbons (Fsp3) is 0.562. The van der Waals surface area contributed by atoms with Crippen molar-refractivity contribution in [2.24, 2.45) is 0 Å². The Morgan fingerprint density at radius 1 is 1.21 bits per heavy atom. The maximum Gasteiger partial charge on any atom is 0.416 e. The minimum Gasteiger partial charge on any atom is -0.444 e. The molecule has 0 radical (unpaired) electrons. The molecule has 8 heteroatoms. The number of rotatable bonds is 6. The highest BCUT2D eigenvalue weighted by molar-refractivity contribution is 5.68. The summed E-state index contributed by atoms with van der Waals surface area (Å²) >= 11 is 0. The normalized spacial score (nSPS) is 14.8. The quantitative estimate of drug-likeness (QED) is 0.828. The van der Waals surface area contributed by atoms with Crippen LogP contribution in [0.5, 0.6) is 0 Å². The number of aliphatic hydroxyl groups excluding tert-OH is 1. The second-order valence-electron chi connectivity index (χ2n) is 6.24. The monoisotopic (exact) mass is 349 g/mol. The topological polar surface area (TPSA) is 67.8 Å². The Balaban J connectivity index is 2.66. The molecule has 0 unspecified atom stereocenters. The van der Waals surface area contributed by atoms with Gasteiger partial charge in [0.25, 0.3) is 0 Å². The Morgan fingerprint density at radius 2 is 1.79 bits per heavy atom. The van der Waals surface area contributed by atoms with Gasteiger partial charge in [0, 0.05) is 0 Å². The molecule has 1 aromatic carbocycles. The van der Waals surface area contributed by atoms with Crippen molar-refractivity contribution in [3.05, 3.63) is 35.9 Å². The second kappa shape index (κ2) is 8.34. The number of carbonyl (C=O) groups is 1. The number of aliphatic hydroxyl groups is 1. The Morgan fingerprint density at radius 3 is 2.29 bits per heavy atom. The van der Waals surface area contributed by atoms with Gasteiger partial charge in [-0.05, 0) is 26.3 Å². The summed E-state index contributed by atoms with van der Waals surface area (Å²) in [4.78, 5) is 11.7. The Kier molecular flexibility index (Phi) is 7.04.